The lowest BCUT2D eigenvalue weighted by Crippen LogP contribution is -1.94. The maximum Gasteiger partial charge on any atom is 0.173 e. The number of fused-ring (bicyclic) bond motifs is 1. The van der Waals surface area contributed by atoms with E-state index in [-0.39, 0.29) is 0 Å². The highest BCUT2D eigenvalue weighted by molar-refractivity contribution is 7.10. The third kappa shape index (κ3) is 1.57. The van der Waals surface area contributed by atoms with Gasteiger partial charge in [0, 0.05) is 13.2 Å². The van der Waals surface area contributed by atoms with Crippen LogP contribution in [0.2, 0.25) is 0 Å². The lowest BCUT2D eigenvalue weighted by molar-refractivity contribution is 1.10. The number of pyridine rings is 1. The van der Waals surface area contributed by atoms with Crippen LogP contribution in [0.5, 0.6) is 0 Å². The average molecular weight is 259 g/mol. The molecule has 18 heavy (non-hydrogen) atoms. The first-order valence-electron chi connectivity index (χ1n) is 5.66. The monoisotopic (exact) mass is 259 g/mol. The summed E-state index contributed by atoms with van der Waals surface area (Å²) in [6.07, 6.45) is 2.00. The Kier molecular flexibility index (Phi) is 2.52. The lowest BCUT2D eigenvalue weighted by atomic mass is 10.2. The molecule has 0 saturated heterocycles. The summed E-state index contributed by atoms with van der Waals surface area (Å²) in [5.74, 6) is 0.834. The second-order valence-electron chi connectivity index (χ2n) is 4.18. The van der Waals surface area contributed by atoms with Crippen LogP contribution < -0.4 is 5.32 Å². The van der Waals surface area contributed by atoms with Crippen LogP contribution in [0.3, 0.4) is 0 Å². The van der Waals surface area contributed by atoms with Crippen LogP contribution in [0.4, 0.5) is 5.00 Å². The van der Waals surface area contributed by atoms with Crippen molar-refractivity contribution in [2.24, 2.45) is 0 Å². The van der Waals surface area contributed by atoms with Crippen molar-refractivity contribution in [3.63, 3.8) is 0 Å². The predicted molar refractivity (Wildman–Crippen MR) is 73.1 cm³/mol. The Morgan fingerprint density at radius 2 is 2.11 bits per heavy atom. The molecule has 0 saturated carbocycles. The number of nitrogens with zero attached hydrogens (tertiary/aromatic N) is 4. The van der Waals surface area contributed by atoms with Gasteiger partial charge in [-0.05, 0) is 43.1 Å². The van der Waals surface area contributed by atoms with E-state index in [0.717, 1.165) is 27.7 Å². The summed E-state index contributed by atoms with van der Waals surface area (Å²) in [6.45, 7) is 4.03. The van der Waals surface area contributed by atoms with Gasteiger partial charge in [0.15, 0.2) is 11.5 Å². The van der Waals surface area contributed by atoms with Crippen molar-refractivity contribution in [3.05, 3.63) is 29.6 Å². The maximum atomic E-state index is 4.37. The van der Waals surface area contributed by atoms with E-state index in [9.17, 15) is 0 Å². The number of aromatic nitrogens is 4. The number of nitrogens with one attached hydrogen (secondary N) is 1. The minimum atomic E-state index is 0.834. The normalized spacial score (nSPS) is 11.1. The van der Waals surface area contributed by atoms with Gasteiger partial charge >= 0.3 is 0 Å². The predicted octanol–water partition coefficient (Wildman–Crippen LogP) is 2.51. The van der Waals surface area contributed by atoms with Gasteiger partial charge < -0.3 is 5.32 Å². The minimum Gasteiger partial charge on any atom is -0.378 e. The zero-order chi connectivity index (χ0) is 12.7. The molecule has 0 spiro atoms. The first kappa shape index (κ1) is 11.2. The van der Waals surface area contributed by atoms with E-state index in [1.54, 1.807) is 0 Å². The van der Waals surface area contributed by atoms with Gasteiger partial charge in [0.2, 0.25) is 0 Å². The summed E-state index contributed by atoms with van der Waals surface area (Å²) in [4.78, 5) is 0. The lowest BCUT2D eigenvalue weighted by Gasteiger charge is -2.02. The van der Waals surface area contributed by atoms with Crippen molar-refractivity contribution in [1.29, 1.82) is 0 Å². The molecule has 1 N–H and O–H groups in total. The van der Waals surface area contributed by atoms with Crippen molar-refractivity contribution in [3.8, 4) is 11.4 Å². The van der Waals surface area contributed by atoms with Crippen LogP contribution in [0, 0.1) is 13.8 Å². The Balaban J connectivity index is 2.28. The van der Waals surface area contributed by atoms with Crippen molar-refractivity contribution in [2.75, 3.05) is 12.4 Å². The maximum absolute atomic E-state index is 4.37. The first-order valence-corrected chi connectivity index (χ1v) is 6.44. The molecule has 0 aliphatic carbocycles. The molecule has 92 valence electrons. The van der Waals surface area contributed by atoms with Gasteiger partial charge in [0.05, 0.1) is 11.3 Å². The summed E-state index contributed by atoms with van der Waals surface area (Å²) in [5.41, 5.74) is 4.03. The summed E-state index contributed by atoms with van der Waals surface area (Å²) >= 11 is 1.44. The smallest absolute Gasteiger partial charge is 0.173 e. The van der Waals surface area contributed by atoms with Crippen molar-refractivity contribution >= 4 is 22.2 Å². The average Bonchev–Trinajstić information content (AvgIpc) is 2.91. The molecule has 3 aromatic rings. The van der Waals surface area contributed by atoms with Gasteiger partial charge in [-0.3, -0.25) is 4.40 Å². The van der Waals surface area contributed by atoms with Crippen LogP contribution in [0.25, 0.3) is 17.0 Å². The van der Waals surface area contributed by atoms with E-state index in [1.165, 1.54) is 17.1 Å². The van der Waals surface area contributed by atoms with E-state index in [1.807, 2.05) is 43.6 Å². The summed E-state index contributed by atoms with van der Waals surface area (Å²) in [7, 11) is 1.89. The molecule has 0 atom stereocenters. The van der Waals surface area contributed by atoms with Crippen LogP contribution >= 0.6 is 11.5 Å². The highest BCUT2D eigenvalue weighted by Crippen LogP contribution is 2.33. The molecule has 0 amide bonds. The Morgan fingerprint density at radius 1 is 1.28 bits per heavy atom. The molecule has 0 fully saturated rings. The largest absolute Gasteiger partial charge is 0.378 e. The molecule has 0 bridgehead atoms. The second kappa shape index (κ2) is 4.06. The Bertz CT molecular complexity index is 712. The fourth-order valence-corrected chi connectivity index (χ4v) is 2.71. The van der Waals surface area contributed by atoms with Gasteiger partial charge in [-0.1, -0.05) is 0 Å². The summed E-state index contributed by atoms with van der Waals surface area (Å²) in [5, 5.41) is 12.7. The van der Waals surface area contributed by atoms with E-state index in [4.69, 9.17) is 0 Å². The van der Waals surface area contributed by atoms with Crippen molar-refractivity contribution in [2.45, 2.75) is 13.8 Å². The summed E-state index contributed by atoms with van der Waals surface area (Å²) in [6, 6.07) is 4.07. The summed E-state index contributed by atoms with van der Waals surface area (Å²) < 4.78 is 6.36. The molecule has 5 nitrogen and oxygen atoms in total. The molecular weight excluding hydrogens is 246 g/mol. The van der Waals surface area contributed by atoms with E-state index < -0.39 is 0 Å². The van der Waals surface area contributed by atoms with Gasteiger partial charge in [-0.25, -0.2) is 0 Å². The molecule has 0 aromatic carbocycles. The number of rotatable bonds is 2. The SMILES string of the molecule is CNc1snc(C)c1-c1nnc2cc(C)ccn12. The Labute approximate surface area is 109 Å². The van der Waals surface area contributed by atoms with Gasteiger partial charge in [0.1, 0.15) is 5.00 Å². The minimum absolute atomic E-state index is 0.834. The van der Waals surface area contributed by atoms with Gasteiger partial charge in [0.25, 0.3) is 0 Å². The van der Waals surface area contributed by atoms with Crippen molar-refractivity contribution in [1.82, 2.24) is 19.0 Å². The third-order valence-corrected chi connectivity index (χ3v) is 3.83. The first-order chi connectivity index (χ1) is 8.70. The quantitative estimate of drug-likeness (QED) is 0.768. The van der Waals surface area contributed by atoms with E-state index in [2.05, 4.69) is 19.9 Å². The Morgan fingerprint density at radius 3 is 2.89 bits per heavy atom. The highest BCUT2D eigenvalue weighted by atomic mass is 32.1. The third-order valence-electron chi connectivity index (χ3n) is 2.88. The van der Waals surface area contributed by atoms with Crippen molar-refractivity contribution < 1.29 is 0 Å². The molecule has 0 unspecified atom stereocenters. The van der Waals surface area contributed by atoms with E-state index in [0.29, 0.717) is 0 Å². The fraction of sp³-hybridized carbons (Fsp3) is 0.250. The topological polar surface area (TPSA) is 55.1 Å². The Hall–Kier alpha value is -1.95. The second-order valence-corrected chi connectivity index (χ2v) is 4.95. The van der Waals surface area contributed by atoms with E-state index >= 15 is 0 Å². The highest BCUT2D eigenvalue weighted by Gasteiger charge is 2.17. The molecule has 0 radical (unpaired) electrons. The molecule has 0 aliphatic rings. The van der Waals surface area contributed by atoms with Gasteiger partial charge in [-0.2, -0.15) is 4.37 Å². The fourth-order valence-electron chi connectivity index (χ4n) is 1.97. The molecular formula is C12H13N5S. The number of hydrogen-bond acceptors (Lipinski definition) is 5. The van der Waals surface area contributed by atoms with Crippen LogP contribution in [-0.2, 0) is 0 Å². The number of anilines is 1. The molecule has 3 aromatic heterocycles. The zero-order valence-electron chi connectivity index (χ0n) is 10.4. The number of aryl methyl sites for hydroxylation is 2. The van der Waals surface area contributed by atoms with Crippen LogP contribution in [0.15, 0.2) is 18.3 Å². The molecule has 0 aliphatic heterocycles. The van der Waals surface area contributed by atoms with Crippen LogP contribution in [-0.4, -0.2) is 26.0 Å². The zero-order valence-corrected chi connectivity index (χ0v) is 11.2. The van der Waals surface area contributed by atoms with Gasteiger partial charge in [-0.15, -0.1) is 10.2 Å². The molecule has 3 rings (SSSR count). The standard InChI is InChI=1S/C12H13N5S/c1-7-4-5-17-9(6-7)14-15-11(17)10-8(2)16-18-12(10)13-3/h4-6,13H,1-3H3. The van der Waals surface area contributed by atoms with Crippen LogP contribution in [0.1, 0.15) is 11.3 Å². The molecule has 3 heterocycles. The number of hydrogen-bond donors (Lipinski definition) is 1. The molecule has 6 heteroatoms.